The highest BCUT2D eigenvalue weighted by Crippen LogP contribution is 2.32. The van der Waals surface area contributed by atoms with Crippen LogP contribution >= 0.6 is 0 Å². The molecule has 0 aliphatic carbocycles. The molecule has 1 unspecified atom stereocenters. The van der Waals surface area contributed by atoms with Crippen molar-refractivity contribution in [2.45, 2.75) is 58.0 Å². The number of unbranched alkanes of at least 4 members (excludes halogenated alkanes) is 1. The zero-order chi connectivity index (χ0) is 16.6. The molecule has 128 valence electrons. The first-order chi connectivity index (χ1) is 11.9. The molecule has 2 aromatic carbocycles. The summed E-state index contributed by atoms with van der Waals surface area (Å²) in [5.74, 6) is 2.00. The number of benzene rings is 2. The molecule has 0 bridgehead atoms. The molecule has 24 heavy (non-hydrogen) atoms. The summed E-state index contributed by atoms with van der Waals surface area (Å²) in [6.07, 6.45) is 8.32. The monoisotopic (exact) mass is 324 g/mol. The Bertz CT molecular complexity index is 618. The number of hydrogen-bond acceptors (Lipinski definition) is 2. The summed E-state index contributed by atoms with van der Waals surface area (Å²) in [6.45, 7) is 2.97. The van der Waals surface area contributed by atoms with Crippen LogP contribution in [-0.2, 0) is 6.42 Å². The number of para-hydroxylation sites is 1. The van der Waals surface area contributed by atoms with Crippen molar-refractivity contribution in [1.82, 2.24) is 0 Å². The maximum absolute atomic E-state index is 6.40. The SMILES string of the molecule is CCCCOc1ccc(C2CCCCCc3ccccc3O2)cc1. The summed E-state index contributed by atoms with van der Waals surface area (Å²) in [4.78, 5) is 0. The van der Waals surface area contributed by atoms with Gasteiger partial charge in [0, 0.05) is 0 Å². The zero-order valence-corrected chi connectivity index (χ0v) is 14.7. The predicted molar refractivity (Wildman–Crippen MR) is 98.8 cm³/mol. The van der Waals surface area contributed by atoms with Crippen LogP contribution in [0.1, 0.15) is 62.7 Å². The molecular weight excluding hydrogens is 296 g/mol. The van der Waals surface area contributed by atoms with E-state index >= 15 is 0 Å². The van der Waals surface area contributed by atoms with Crippen molar-refractivity contribution in [3.05, 3.63) is 59.7 Å². The van der Waals surface area contributed by atoms with Gasteiger partial charge >= 0.3 is 0 Å². The van der Waals surface area contributed by atoms with Crippen molar-refractivity contribution in [1.29, 1.82) is 0 Å². The van der Waals surface area contributed by atoms with E-state index in [0.717, 1.165) is 43.8 Å². The molecule has 1 aliphatic rings. The van der Waals surface area contributed by atoms with Crippen LogP contribution in [0.4, 0.5) is 0 Å². The molecule has 0 aromatic heterocycles. The lowest BCUT2D eigenvalue weighted by atomic mass is 10.0. The predicted octanol–water partition coefficient (Wildman–Crippen LogP) is 6.10. The van der Waals surface area contributed by atoms with E-state index in [1.165, 1.54) is 30.4 Å². The van der Waals surface area contributed by atoms with Gasteiger partial charge in [-0.1, -0.05) is 50.1 Å². The molecule has 1 atom stereocenters. The molecule has 2 nitrogen and oxygen atoms in total. The average molecular weight is 324 g/mol. The van der Waals surface area contributed by atoms with Crippen molar-refractivity contribution in [2.24, 2.45) is 0 Å². The zero-order valence-electron chi connectivity index (χ0n) is 14.7. The van der Waals surface area contributed by atoms with E-state index in [4.69, 9.17) is 9.47 Å². The van der Waals surface area contributed by atoms with Gasteiger partial charge in [-0.3, -0.25) is 0 Å². The molecule has 1 heterocycles. The van der Waals surface area contributed by atoms with Gasteiger partial charge in [-0.2, -0.15) is 0 Å². The standard InChI is InChI=1S/C22H28O2/c1-2-3-17-23-20-15-13-19(14-16-20)22-11-6-4-5-9-18-10-7-8-12-21(18)24-22/h7-8,10,12-16,22H,2-6,9,11,17H2,1H3. The van der Waals surface area contributed by atoms with Crippen molar-refractivity contribution in [2.75, 3.05) is 6.61 Å². The minimum atomic E-state index is 0.133. The van der Waals surface area contributed by atoms with Crippen LogP contribution in [0.3, 0.4) is 0 Å². The maximum atomic E-state index is 6.40. The summed E-state index contributed by atoms with van der Waals surface area (Å²) in [5, 5.41) is 0. The van der Waals surface area contributed by atoms with Gasteiger partial charge < -0.3 is 9.47 Å². The Morgan fingerprint density at radius 3 is 2.67 bits per heavy atom. The molecule has 0 spiro atoms. The lowest BCUT2D eigenvalue weighted by Crippen LogP contribution is -2.08. The highest BCUT2D eigenvalue weighted by molar-refractivity contribution is 5.35. The minimum Gasteiger partial charge on any atom is -0.494 e. The highest BCUT2D eigenvalue weighted by atomic mass is 16.5. The Morgan fingerprint density at radius 1 is 1.00 bits per heavy atom. The van der Waals surface area contributed by atoms with Gasteiger partial charge in [0.1, 0.15) is 17.6 Å². The fourth-order valence-electron chi connectivity index (χ4n) is 3.21. The van der Waals surface area contributed by atoms with Gasteiger partial charge in [0.05, 0.1) is 6.61 Å². The third-order valence-corrected chi connectivity index (χ3v) is 4.67. The first-order valence-corrected chi connectivity index (χ1v) is 9.34. The van der Waals surface area contributed by atoms with Crippen LogP contribution in [0.25, 0.3) is 0 Å². The van der Waals surface area contributed by atoms with Crippen LogP contribution in [-0.4, -0.2) is 6.61 Å². The second-order valence-electron chi connectivity index (χ2n) is 6.58. The molecule has 0 saturated carbocycles. The van der Waals surface area contributed by atoms with E-state index in [9.17, 15) is 0 Å². The molecular formula is C22H28O2. The second kappa shape index (κ2) is 8.77. The van der Waals surface area contributed by atoms with Crippen LogP contribution in [0.15, 0.2) is 48.5 Å². The molecule has 0 amide bonds. The molecule has 2 aromatic rings. The number of aryl methyl sites for hydroxylation is 1. The largest absolute Gasteiger partial charge is 0.494 e. The topological polar surface area (TPSA) is 18.5 Å². The molecule has 1 aliphatic heterocycles. The normalized spacial score (nSPS) is 17.8. The Morgan fingerprint density at radius 2 is 1.83 bits per heavy atom. The van der Waals surface area contributed by atoms with Crippen molar-refractivity contribution < 1.29 is 9.47 Å². The molecule has 0 saturated heterocycles. The lowest BCUT2D eigenvalue weighted by molar-refractivity contribution is 0.191. The smallest absolute Gasteiger partial charge is 0.124 e. The van der Waals surface area contributed by atoms with E-state index < -0.39 is 0 Å². The first kappa shape index (κ1) is 16.9. The average Bonchev–Trinajstić information content (AvgIpc) is 2.72. The van der Waals surface area contributed by atoms with Crippen molar-refractivity contribution in [3.8, 4) is 11.5 Å². The number of hydrogen-bond donors (Lipinski definition) is 0. The van der Waals surface area contributed by atoms with Gasteiger partial charge in [-0.05, 0) is 61.4 Å². The van der Waals surface area contributed by atoms with Gasteiger partial charge in [0.25, 0.3) is 0 Å². The van der Waals surface area contributed by atoms with Crippen molar-refractivity contribution in [3.63, 3.8) is 0 Å². The number of fused-ring (bicyclic) bond motifs is 1. The van der Waals surface area contributed by atoms with E-state index in [1.807, 2.05) is 0 Å². The van der Waals surface area contributed by atoms with Crippen LogP contribution in [0.5, 0.6) is 11.5 Å². The maximum Gasteiger partial charge on any atom is 0.124 e. The Hall–Kier alpha value is -1.96. The van der Waals surface area contributed by atoms with Crippen LogP contribution in [0.2, 0.25) is 0 Å². The highest BCUT2D eigenvalue weighted by Gasteiger charge is 2.17. The molecule has 0 N–H and O–H groups in total. The molecule has 3 rings (SSSR count). The summed E-state index contributed by atoms with van der Waals surface area (Å²) < 4.78 is 12.2. The fraction of sp³-hybridized carbons (Fsp3) is 0.455. The van der Waals surface area contributed by atoms with Gasteiger partial charge in [0.15, 0.2) is 0 Å². The fourth-order valence-corrected chi connectivity index (χ4v) is 3.21. The van der Waals surface area contributed by atoms with E-state index in [1.54, 1.807) is 0 Å². The van der Waals surface area contributed by atoms with E-state index in [0.29, 0.717) is 0 Å². The summed E-state index contributed by atoms with van der Waals surface area (Å²) in [7, 11) is 0. The Kier molecular flexibility index (Phi) is 6.17. The summed E-state index contributed by atoms with van der Waals surface area (Å²) >= 11 is 0. The third kappa shape index (κ3) is 4.53. The number of ether oxygens (including phenoxy) is 2. The quantitative estimate of drug-likeness (QED) is 0.618. The van der Waals surface area contributed by atoms with E-state index in [-0.39, 0.29) is 6.10 Å². The summed E-state index contributed by atoms with van der Waals surface area (Å²) in [5.41, 5.74) is 2.58. The van der Waals surface area contributed by atoms with Gasteiger partial charge in [-0.15, -0.1) is 0 Å². The molecule has 0 radical (unpaired) electrons. The third-order valence-electron chi connectivity index (χ3n) is 4.67. The van der Waals surface area contributed by atoms with Gasteiger partial charge in [0.2, 0.25) is 0 Å². The minimum absolute atomic E-state index is 0.133. The second-order valence-corrected chi connectivity index (χ2v) is 6.58. The van der Waals surface area contributed by atoms with Crippen LogP contribution in [0, 0.1) is 0 Å². The number of rotatable bonds is 5. The lowest BCUT2D eigenvalue weighted by Gasteiger charge is -2.20. The Balaban J connectivity index is 1.72. The van der Waals surface area contributed by atoms with E-state index in [2.05, 4.69) is 55.5 Å². The van der Waals surface area contributed by atoms with Crippen molar-refractivity contribution >= 4 is 0 Å². The summed E-state index contributed by atoms with van der Waals surface area (Å²) in [6, 6.07) is 17.0. The molecule has 0 fully saturated rings. The van der Waals surface area contributed by atoms with Gasteiger partial charge in [-0.25, -0.2) is 0 Å². The first-order valence-electron chi connectivity index (χ1n) is 9.34. The Labute approximate surface area is 145 Å². The van der Waals surface area contributed by atoms with Crippen LogP contribution < -0.4 is 9.47 Å². The molecule has 2 heteroatoms.